The molecule has 1 N–H and O–H groups in total. The van der Waals surface area contributed by atoms with Gasteiger partial charge in [-0.3, -0.25) is 4.99 Å². The predicted molar refractivity (Wildman–Crippen MR) is 74.9 cm³/mol. The fourth-order valence-corrected chi connectivity index (χ4v) is 2.42. The van der Waals surface area contributed by atoms with E-state index in [1.54, 1.807) is 20.2 Å². The van der Waals surface area contributed by atoms with Crippen molar-refractivity contribution in [3.8, 4) is 0 Å². The molecule has 0 aromatic heterocycles. The van der Waals surface area contributed by atoms with Crippen molar-refractivity contribution in [1.82, 2.24) is 5.32 Å². The Morgan fingerprint density at radius 2 is 2.18 bits per heavy atom. The van der Waals surface area contributed by atoms with E-state index in [1.165, 1.54) is 11.8 Å². The van der Waals surface area contributed by atoms with E-state index in [-0.39, 0.29) is 28.4 Å². The van der Waals surface area contributed by atoms with Crippen molar-refractivity contribution in [2.45, 2.75) is 5.44 Å². The first kappa shape index (κ1) is 14.1. The molecule has 17 heavy (non-hydrogen) atoms. The lowest BCUT2D eigenvalue weighted by atomic mass is 10.1. The molecular weight excluding hydrogens is 304 g/mol. The van der Waals surface area contributed by atoms with Gasteiger partial charge in [0.25, 0.3) is 0 Å². The number of carbonyl (C=O) groups is 1. The van der Waals surface area contributed by atoms with Gasteiger partial charge >= 0.3 is 5.97 Å². The highest BCUT2D eigenvalue weighted by Gasteiger charge is 2.31. The maximum Gasteiger partial charge on any atom is 0.340 e. The summed E-state index contributed by atoms with van der Waals surface area (Å²) >= 11 is 1.39. The zero-order valence-electron chi connectivity index (χ0n) is 9.47. The molecule has 2 rings (SSSR count). The van der Waals surface area contributed by atoms with Gasteiger partial charge in [0.05, 0.1) is 5.56 Å². The number of cyclic esters (lactones) is 1. The van der Waals surface area contributed by atoms with Gasteiger partial charge in [-0.2, -0.15) is 0 Å². The average Bonchev–Trinajstić information content (AvgIpc) is 2.64. The van der Waals surface area contributed by atoms with Gasteiger partial charge in [0, 0.05) is 19.7 Å². The number of hydrogen-bond acceptors (Lipinski definition) is 4. The van der Waals surface area contributed by atoms with E-state index in [1.807, 2.05) is 18.2 Å². The molecule has 0 saturated heterocycles. The molecule has 0 aliphatic carbocycles. The smallest absolute Gasteiger partial charge is 0.340 e. The maximum absolute atomic E-state index is 11.5. The van der Waals surface area contributed by atoms with Crippen molar-refractivity contribution < 1.29 is 9.53 Å². The van der Waals surface area contributed by atoms with Gasteiger partial charge in [-0.1, -0.05) is 18.2 Å². The highest BCUT2D eigenvalue weighted by atomic mass is 79.9. The van der Waals surface area contributed by atoms with Crippen LogP contribution in [0, 0.1) is 0 Å². The molecule has 6 heteroatoms. The van der Waals surface area contributed by atoms with Crippen LogP contribution in [0.25, 0.3) is 0 Å². The van der Waals surface area contributed by atoms with Gasteiger partial charge in [0.1, 0.15) is 0 Å². The Labute approximate surface area is 115 Å². The zero-order chi connectivity index (χ0) is 11.5. The van der Waals surface area contributed by atoms with Crippen molar-refractivity contribution in [2.75, 3.05) is 14.1 Å². The van der Waals surface area contributed by atoms with Crippen LogP contribution in [0.2, 0.25) is 0 Å². The third-order valence-electron chi connectivity index (χ3n) is 2.28. The lowest BCUT2D eigenvalue weighted by Crippen LogP contribution is -2.15. The summed E-state index contributed by atoms with van der Waals surface area (Å²) in [5.74, 6) is -0.264. The van der Waals surface area contributed by atoms with Crippen molar-refractivity contribution >= 4 is 39.9 Å². The summed E-state index contributed by atoms with van der Waals surface area (Å²) < 4.78 is 5.27. The number of ether oxygens (including phenoxy) is 1. The number of halogens is 1. The minimum absolute atomic E-state index is 0. The van der Waals surface area contributed by atoms with Crippen LogP contribution in [-0.2, 0) is 4.74 Å². The Hall–Kier alpha value is -1.01. The number of rotatable bonds is 1. The summed E-state index contributed by atoms with van der Waals surface area (Å²) in [6.07, 6.45) is 0. The molecule has 1 aliphatic rings. The van der Waals surface area contributed by atoms with Crippen molar-refractivity contribution in [3.63, 3.8) is 0 Å². The first-order chi connectivity index (χ1) is 7.76. The van der Waals surface area contributed by atoms with Crippen LogP contribution in [-0.4, -0.2) is 25.2 Å². The Morgan fingerprint density at radius 3 is 2.82 bits per heavy atom. The third kappa shape index (κ3) is 2.81. The first-order valence-electron chi connectivity index (χ1n) is 4.87. The number of amidine groups is 1. The SMILES string of the molecule is Br.CN=C(NC)SC1OC(=O)c2ccccc21. The molecular formula is C11H13BrN2O2S. The number of thioether (sulfide) groups is 1. The molecule has 0 spiro atoms. The highest BCUT2D eigenvalue weighted by Crippen LogP contribution is 2.38. The molecule has 0 fully saturated rings. The highest BCUT2D eigenvalue weighted by molar-refractivity contribution is 8.93. The van der Waals surface area contributed by atoms with E-state index >= 15 is 0 Å². The van der Waals surface area contributed by atoms with Gasteiger partial charge < -0.3 is 10.1 Å². The van der Waals surface area contributed by atoms with Crippen LogP contribution in [0.15, 0.2) is 29.3 Å². The fraction of sp³-hybridized carbons (Fsp3) is 0.273. The zero-order valence-corrected chi connectivity index (χ0v) is 12.0. The maximum atomic E-state index is 11.5. The molecule has 0 bridgehead atoms. The lowest BCUT2D eigenvalue weighted by Gasteiger charge is -2.11. The Morgan fingerprint density at radius 1 is 1.47 bits per heavy atom. The van der Waals surface area contributed by atoms with Crippen LogP contribution in [0.4, 0.5) is 0 Å². The van der Waals surface area contributed by atoms with E-state index in [9.17, 15) is 4.79 Å². The summed E-state index contributed by atoms with van der Waals surface area (Å²) in [6.45, 7) is 0. The molecule has 0 radical (unpaired) electrons. The fourth-order valence-electron chi connectivity index (χ4n) is 1.52. The predicted octanol–water partition coefficient (Wildman–Crippen LogP) is 2.37. The van der Waals surface area contributed by atoms with E-state index in [2.05, 4.69) is 10.3 Å². The monoisotopic (exact) mass is 316 g/mol. The lowest BCUT2D eigenvalue weighted by molar-refractivity contribution is 0.0523. The molecule has 1 unspecified atom stereocenters. The van der Waals surface area contributed by atoms with E-state index in [0.29, 0.717) is 5.56 Å². The summed E-state index contributed by atoms with van der Waals surface area (Å²) in [6, 6.07) is 7.41. The van der Waals surface area contributed by atoms with Crippen LogP contribution in [0.1, 0.15) is 21.4 Å². The normalized spacial score (nSPS) is 18.1. The van der Waals surface area contributed by atoms with Gasteiger partial charge in [-0.15, -0.1) is 17.0 Å². The molecule has 0 saturated carbocycles. The largest absolute Gasteiger partial charge is 0.442 e. The second-order valence-corrected chi connectivity index (χ2v) is 4.27. The van der Waals surface area contributed by atoms with Crippen LogP contribution >= 0.6 is 28.7 Å². The number of nitrogens with zero attached hydrogens (tertiary/aromatic N) is 1. The quantitative estimate of drug-likeness (QED) is 0.491. The minimum Gasteiger partial charge on any atom is -0.442 e. The van der Waals surface area contributed by atoms with Crippen LogP contribution < -0.4 is 5.32 Å². The van der Waals surface area contributed by atoms with E-state index in [4.69, 9.17) is 4.74 Å². The molecule has 1 atom stereocenters. The third-order valence-corrected chi connectivity index (χ3v) is 3.46. The second-order valence-electron chi connectivity index (χ2n) is 3.22. The van der Waals surface area contributed by atoms with Crippen LogP contribution in [0.3, 0.4) is 0 Å². The number of aliphatic imine (C=N–C) groups is 1. The van der Waals surface area contributed by atoms with Gasteiger partial charge in [0.15, 0.2) is 10.6 Å². The first-order valence-corrected chi connectivity index (χ1v) is 5.75. The summed E-state index contributed by atoms with van der Waals surface area (Å²) in [4.78, 5) is 15.6. The molecule has 0 amide bonds. The van der Waals surface area contributed by atoms with Gasteiger partial charge in [-0.25, -0.2) is 4.79 Å². The second kappa shape index (κ2) is 6.07. The Bertz CT molecular complexity index is 451. The van der Waals surface area contributed by atoms with E-state index < -0.39 is 0 Å². The van der Waals surface area contributed by atoms with Gasteiger partial charge in [0.2, 0.25) is 0 Å². The summed E-state index contributed by atoms with van der Waals surface area (Å²) in [5, 5.41) is 3.69. The van der Waals surface area contributed by atoms with E-state index in [0.717, 1.165) is 10.7 Å². The molecule has 1 aromatic carbocycles. The van der Waals surface area contributed by atoms with Crippen molar-refractivity contribution in [1.29, 1.82) is 0 Å². The van der Waals surface area contributed by atoms with Gasteiger partial charge in [-0.05, 0) is 17.8 Å². The number of nitrogens with one attached hydrogen (secondary N) is 1. The topological polar surface area (TPSA) is 50.7 Å². The number of hydrogen-bond donors (Lipinski definition) is 1. The minimum atomic E-state index is -0.296. The van der Waals surface area contributed by atoms with Crippen molar-refractivity contribution in [3.05, 3.63) is 35.4 Å². The van der Waals surface area contributed by atoms with Crippen molar-refractivity contribution in [2.24, 2.45) is 4.99 Å². The molecule has 92 valence electrons. The molecule has 1 heterocycles. The summed E-state index contributed by atoms with van der Waals surface area (Å²) in [5.41, 5.74) is 1.26. The Kier molecular flexibility index (Phi) is 5.02. The Balaban J connectivity index is 0.00000144. The number of esters is 1. The molecule has 1 aliphatic heterocycles. The molecule has 1 aromatic rings. The number of fused-ring (bicyclic) bond motifs is 1. The summed E-state index contributed by atoms with van der Waals surface area (Å²) in [7, 11) is 3.49. The number of benzene rings is 1. The standard InChI is InChI=1S/C11H12N2O2S.BrH/c1-12-11(13-2)16-10-8-6-4-3-5-7(8)9(14)15-10;/h3-6,10H,1-2H3,(H,12,13);1H. The van der Waals surface area contributed by atoms with Crippen LogP contribution in [0.5, 0.6) is 0 Å². The molecule has 4 nitrogen and oxygen atoms in total. The average molecular weight is 317 g/mol. The number of carbonyl (C=O) groups excluding carboxylic acids is 1.